The van der Waals surface area contributed by atoms with Crippen LogP contribution in [0.4, 0.5) is 0 Å². The van der Waals surface area contributed by atoms with Crippen molar-refractivity contribution < 1.29 is 46.1 Å². The summed E-state index contributed by atoms with van der Waals surface area (Å²) in [6, 6.07) is 0. The van der Waals surface area contributed by atoms with Gasteiger partial charge in [0.25, 0.3) is 0 Å². The Balaban J connectivity index is -0.000000107. The number of hydrogen-bond acceptors (Lipinski definition) is 5. The molecule has 0 saturated heterocycles. The molecule has 0 aromatic rings. The molecule has 0 bridgehead atoms. The minimum atomic E-state index is -5.35. The summed E-state index contributed by atoms with van der Waals surface area (Å²) in [6.45, 7) is 0. The third-order valence-corrected chi connectivity index (χ3v) is 0. The first-order chi connectivity index (χ1) is 4.00. The Labute approximate surface area is 113 Å². The van der Waals surface area contributed by atoms with Crippen molar-refractivity contribution >= 4 is 68.9 Å². The number of rotatable bonds is 0. The molecule has 11 heteroatoms. The average molecular weight is 444 g/mol. The number of hydrogen-bond donors (Lipinski definition) is 7. The summed E-state index contributed by atoms with van der Waals surface area (Å²) in [5.74, 6) is 0. The van der Waals surface area contributed by atoms with Gasteiger partial charge in [0.05, 0.1) is 0 Å². The van der Waals surface area contributed by atoms with Crippen molar-refractivity contribution in [2.24, 2.45) is 0 Å². The second kappa shape index (κ2) is 7.98. The second-order valence-electron chi connectivity index (χ2n) is 1.11. The zero-order chi connectivity index (χ0) is 9.00. The van der Waals surface area contributed by atoms with Gasteiger partial charge in [-0.05, 0) is 0 Å². The SMILES string of the molecule is [BaH2].[OH][Ti]([OH])([OH])[OH].[O]=[Sb]([OH])([OH])[OH]. The van der Waals surface area contributed by atoms with Crippen molar-refractivity contribution in [3.63, 3.8) is 0 Å². The van der Waals surface area contributed by atoms with E-state index >= 15 is 0 Å². The Morgan fingerprint density at radius 2 is 0.909 bits per heavy atom. The maximum atomic E-state index is 8.97. The van der Waals surface area contributed by atoms with Crippen molar-refractivity contribution in [1.82, 2.24) is 0 Å². The van der Waals surface area contributed by atoms with E-state index in [2.05, 4.69) is 0 Å². The third-order valence-electron chi connectivity index (χ3n) is 0. The van der Waals surface area contributed by atoms with Gasteiger partial charge >= 0.3 is 115 Å². The first kappa shape index (κ1) is 19.2. The van der Waals surface area contributed by atoms with E-state index in [0.717, 1.165) is 0 Å². The standard InChI is InChI=1S/Ba.7H2O.O.Sb.Ti.2H/h;7*1H2;;;;;/q;;;;;;;;;+3;+4;;/p-7. The molecule has 0 aliphatic carbocycles. The molecular formula is H9BaO8SbTi. The predicted molar refractivity (Wildman–Crippen MR) is 30.5 cm³/mol. The summed E-state index contributed by atoms with van der Waals surface area (Å²) in [5, 5.41) is 0. The van der Waals surface area contributed by atoms with Crippen LogP contribution in [0.15, 0.2) is 0 Å². The normalized spacial score (nSPS) is 10.8. The van der Waals surface area contributed by atoms with E-state index < -0.39 is 38.2 Å². The molecule has 11 heavy (non-hydrogen) atoms. The molecule has 0 fully saturated rings. The van der Waals surface area contributed by atoms with Crippen LogP contribution in [0.1, 0.15) is 0 Å². The van der Waals surface area contributed by atoms with E-state index in [-0.39, 0.29) is 48.9 Å². The molecule has 0 unspecified atom stereocenters. The summed E-state index contributed by atoms with van der Waals surface area (Å²) in [4.78, 5) is 0. The Morgan fingerprint density at radius 1 is 0.909 bits per heavy atom. The van der Waals surface area contributed by atoms with E-state index in [4.69, 9.17) is 27.9 Å². The van der Waals surface area contributed by atoms with Crippen LogP contribution < -0.4 is 0 Å². The van der Waals surface area contributed by atoms with Crippen LogP contribution in [0.3, 0.4) is 0 Å². The molecule has 0 aromatic heterocycles. The molecule has 68 valence electrons. The van der Waals surface area contributed by atoms with Crippen LogP contribution in [0.25, 0.3) is 0 Å². The summed E-state index contributed by atoms with van der Waals surface area (Å²) >= 11 is -10.4. The molecule has 0 heterocycles. The topological polar surface area (TPSA) is 159 Å². The molecule has 0 aliphatic heterocycles. The van der Waals surface area contributed by atoms with Gasteiger partial charge in [0.1, 0.15) is 0 Å². The first-order valence-corrected chi connectivity index (χ1v) is 8.94. The molecule has 0 rings (SSSR count). The Morgan fingerprint density at radius 3 is 0.909 bits per heavy atom. The van der Waals surface area contributed by atoms with Gasteiger partial charge in [-0.25, -0.2) is 0 Å². The van der Waals surface area contributed by atoms with E-state index in [9.17, 15) is 0 Å². The van der Waals surface area contributed by atoms with Crippen LogP contribution in [-0.2, 0) is 21.2 Å². The van der Waals surface area contributed by atoms with Gasteiger partial charge in [0, 0.05) is 0 Å². The van der Waals surface area contributed by atoms with Gasteiger partial charge in [-0.2, -0.15) is 0 Å². The second-order valence-corrected chi connectivity index (χ2v) is 5.92. The molecule has 0 radical (unpaired) electrons. The van der Waals surface area contributed by atoms with E-state index in [1.165, 1.54) is 0 Å². The first-order valence-electron chi connectivity index (χ1n) is 1.68. The van der Waals surface area contributed by atoms with Gasteiger partial charge in [0.15, 0.2) is 0 Å². The van der Waals surface area contributed by atoms with Crippen LogP contribution in [0.5, 0.6) is 0 Å². The zero-order valence-corrected chi connectivity index (χ0v) is 8.60. The van der Waals surface area contributed by atoms with Crippen LogP contribution in [-0.4, -0.2) is 93.8 Å². The zero-order valence-electron chi connectivity index (χ0n) is 4.49. The van der Waals surface area contributed by atoms with Gasteiger partial charge < -0.3 is 0 Å². The van der Waals surface area contributed by atoms with E-state index in [1.54, 1.807) is 0 Å². The fourth-order valence-corrected chi connectivity index (χ4v) is 0. The van der Waals surface area contributed by atoms with Crippen molar-refractivity contribution in [1.29, 1.82) is 0 Å². The Kier molecular flexibility index (Phi) is 13.9. The van der Waals surface area contributed by atoms with E-state index in [0.29, 0.717) is 0 Å². The van der Waals surface area contributed by atoms with Crippen LogP contribution in [0.2, 0.25) is 0 Å². The van der Waals surface area contributed by atoms with Crippen molar-refractivity contribution in [3.8, 4) is 0 Å². The third kappa shape index (κ3) is 207. The molecule has 7 N–H and O–H groups in total. The fourth-order valence-electron chi connectivity index (χ4n) is 0. The van der Waals surface area contributed by atoms with Crippen molar-refractivity contribution in [2.75, 3.05) is 0 Å². The fraction of sp³-hybridized carbons (Fsp3) is 0. The molecule has 0 amide bonds. The van der Waals surface area contributed by atoms with Gasteiger partial charge in [-0.15, -0.1) is 0 Å². The molecule has 0 aliphatic rings. The molecule has 8 nitrogen and oxygen atoms in total. The Hall–Kier alpha value is 2.62. The van der Waals surface area contributed by atoms with Crippen LogP contribution in [0, 0.1) is 0 Å². The summed E-state index contributed by atoms with van der Waals surface area (Å²) in [6.07, 6.45) is 0. The monoisotopic (exact) mass is 444 g/mol. The molecule has 0 aromatic carbocycles. The van der Waals surface area contributed by atoms with Crippen molar-refractivity contribution in [2.45, 2.75) is 0 Å². The average Bonchev–Trinajstić information content (AvgIpc) is 1.12. The molecule has 0 atom stereocenters. The molecule has 0 spiro atoms. The van der Waals surface area contributed by atoms with Crippen molar-refractivity contribution in [3.05, 3.63) is 0 Å². The predicted octanol–water partition coefficient (Wildman–Crippen LogP) is -5.32. The van der Waals surface area contributed by atoms with Gasteiger partial charge in [-0.3, -0.25) is 0 Å². The molecular weight excluding hydrogens is 435 g/mol. The van der Waals surface area contributed by atoms with Gasteiger partial charge in [-0.1, -0.05) is 0 Å². The van der Waals surface area contributed by atoms with Gasteiger partial charge in [0.2, 0.25) is 0 Å². The summed E-state index contributed by atoms with van der Waals surface area (Å²) in [5.41, 5.74) is 0. The van der Waals surface area contributed by atoms with E-state index in [1.807, 2.05) is 0 Å². The summed E-state index contributed by atoms with van der Waals surface area (Å²) in [7, 11) is 0. The molecule has 0 saturated carbocycles. The minimum absolute atomic E-state index is 0. The maximum absolute atomic E-state index is 8.97. The quantitative estimate of drug-likeness (QED) is 0.183. The summed E-state index contributed by atoms with van der Waals surface area (Å²) < 4.78 is 60.3. The van der Waals surface area contributed by atoms with Crippen LogP contribution >= 0.6 is 0 Å². The Bertz CT molecular complexity index is 106.